The van der Waals surface area contributed by atoms with E-state index in [-0.39, 0.29) is 42.6 Å². The Morgan fingerprint density at radius 3 is 2.77 bits per heavy atom. The SMILES string of the molecule is O=C1CCc2c(OC[C@@]3(O)CCN(c4ccc(Cl)cc4F)C[C@H]3O)ccc(F)c2N1. The minimum Gasteiger partial charge on any atom is -0.490 e. The number of amides is 1. The molecule has 160 valence electrons. The highest BCUT2D eigenvalue weighted by atomic mass is 35.5. The highest BCUT2D eigenvalue weighted by molar-refractivity contribution is 6.30. The van der Waals surface area contributed by atoms with E-state index < -0.39 is 23.3 Å². The van der Waals surface area contributed by atoms with Crippen molar-refractivity contribution >= 4 is 28.9 Å². The first-order valence-corrected chi connectivity index (χ1v) is 9.99. The van der Waals surface area contributed by atoms with Crippen LogP contribution in [-0.4, -0.2) is 47.5 Å². The van der Waals surface area contributed by atoms with Crippen LogP contribution in [-0.2, 0) is 11.2 Å². The Kier molecular flexibility index (Phi) is 5.57. The van der Waals surface area contributed by atoms with Gasteiger partial charge in [-0.05, 0) is 43.2 Å². The van der Waals surface area contributed by atoms with Crippen LogP contribution in [0.15, 0.2) is 30.3 Å². The van der Waals surface area contributed by atoms with Crippen molar-refractivity contribution in [1.82, 2.24) is 0 Å². The van der Waals surface area contributed by atoms with E-state index >= 15 is 0 Å². The highest BCUT2D eigenvalue weighted by Gasteiger charge is 2.42. The predicted molar refractivity (Wildman–Crippen MR) is 108 cm³/mol. The number of carbonyl (C=O) groups excluding carboxylic acids is 1. The summed E-state index contributed by atoms with van der Waals surface area (Å²) < 4.78 is 34.0. The zero-order chi connectivity index (χ0) is 21.5. The van der Waals surface area contributed by atoms with Crippen LogP contribution in [0.1, 0.15) is 18.4 Å². The summed E-state index contributed by atoms with van der Waals surface area (Å²) in [5.41, 5.74) is -0.652. The summed E-state index contributed by atoms with van der Waals surface area (Å²) in [5.74, 6) is -0.980. The van der Waals surface area contributed by atoms with Crippen LogP contribution in [0.5, 0.6) is 5.75 Å². The number of nitrogens with zero attached hydrogens (tertiary/aromatic N) is 1. The second kappa shape index (κ2) is 8.02. The first-order valence-electron chi connectivity index (χ1n) is 9.61. The van der Waals surface area contributed by atoms with Crippen molar-refractivity contribution in [3.8, 4) is 5.75 Å². The van der Waals surface area contributed by atoms with Crippen molar-refractivity contribution in [2.75, 3.05) is 29.9 Å². The molecule has 1 saturated heterocycles. The van der Waals surface area contributed by atoms with Crippen molar-refractivity contribution in [3.05, 3.63) is 52.6 Å². The van der Waals surface area contributed by atoms with E-state index in [0.29, 0.717) is 30.0 Å². The molecule has 1 fully saturated rings. The Labute approximate surface area is 177 Å². The third kappa shape index (κ3) is 3.95. The summed E-state index contributed by atoms with van der Waals surface area (Å²) >= 11 is 5.79. The summed E-state index contributed by atoms with van der Waals surface area (Å²) in [4.78, 5) is 13.2. The maximum atomic E-state index is 14.2. The number of aliphatic hydroxyl groups excluding tert-OH is 1. The van der Waals surface area contributed by atoms with Gasteiger partial charge in [-0.25, -0.2) is 8.78 Å². The van der Waals surface area contributed by atoms with E-state index in [2.05, 4.69) is 5.32 Å². The molecule has 0 aliphatic carbocycles. The van der Waals surface area contributed by atoms with Gasteiger partial charge in [-0.15, -0.1) is 0 Å². The van der Waals surface area contributed by atoms with Gasteiger partial charge >= 0.3 is 0 Å². The van der Waals surface area contributed by atoms with Crippen LogP contribution in [0.25, 0.3) is 0 Å². The normalized spacial score (nSPS) is 23.7. The lowest BCUT2D eigenvalue weighted by atomic mass is 9.89. The molecule has 3 N–H and O–H groups in total. The predicted octanol–water partition coefficient (Wildman–Crippen LogP) is 2.88. The fourth-order valence-electron chi connectivity index (χ4n) is 3.85. The molecule has 2 aromatic carbocycles. The number of fused-ring (bicyclic) bond motifs is 1. The van der Waals surface area contributed by atoms with Gasteiger partial charge in [0.2, 0.25) is 5.91 Å². The number of benzene rings is 2. The largest absolute Gasteiger partial charge is 0.490 e. The van der Waals surface area contributed by atoms with Gasteiger partial charge in [0, 0.05) is 30.1 Å². The molecular weight excluding hydrogens is 418 g/mol. The lowest BCUT2D eigenvalue weighted by molar-refractivity contribution is -0.116. The zero-order valence-electron chi connectivity index (χ0n) is 16.0. The lowest BCUT2D eigenvalue weighted by Gasteiger charge is -2.42. The lowest BCUT2D eigenvalue weighted by Crippen LogP contribution is -2.58. The van der Waals surface area contributed by atoms with Gasteiger partial charge in [0.15, 0.2) is 0 Å². The average molecular weight is 439 g/mol. The Hall–Kier alpha value is -2.42. The third-order valence-corrected chi connectivity index (χ3v) is 5.88. The molecule has 2 aromatic rings. The van der Waals surface area contributed by atoms with Crippen molar-refractivity contribution in [2.45, 2.75) is 31.0 Å². The number of hydrogen-bond donors (Lipinski definition) is 3. The minimum absolute atomic E-state index is 0.00992. The molecular formula is C21H21ClF2N2O4. The number of β-amino-alcohol motifs (C(OH)–C–C–N with tert-alkyl or cyclic N) is 1. The zero-order valence-corrected chi connectivity index (χ0v) is 16.8. The minimum atomic E-state index is -1.56. The van der Waals surface area contributed by atoms with Crippen LogP contribution in [0.3, 0.4) is 0 Å². The van der Waals surface area contributed by atoms with E-state index in [9.17, 15) is 23.8 Å². The van der Waals surface area contributed by atoms with Gasteiger partial charge in [-0.2, -0.15) is 0 Å². The third-order valence-electron chi connectivity index (χ3n) is 5.64. The average Bonchev–Trinajstić information content (AvgIpc) is 2.70. The molecule has 6 nitrogen and oxygen atoms in total. The van der Waals surface area contributed by atoms with Gasteiger partial charge in [0.25, 0.3) is 0 Å². The number of rotatable bonds is 4. The maximum Gasteiger partial charge on any atom is 0.224 e. The van der Waals surface area contributed by atoms with Crippen molar-refractivity contribution in [2.24, 2.45) is 0 Å². The van der Waals surface area contributed by atoms with E-state index in [1.54, 1.807) is 11.0 Å². The van der Waals surface area contributed by atoms with Crippen LogP contribution < -0.4 is 15.0 Å². The van der Waals surface area contributed by atoms with Gasteiger partial charge in [-0.1, -0.05) is 11.6 Å². The Balaban J connectivity index is 1.46. The number of ether oxygens (including phenoxy) is 1. The molecule has 0 unspecified atom stereocenters. The first-order chi connectivity index (χ1) is 14.3. The molecule has 1 amide bonds. The molecule has 4 rings (SSSR count). The topological polar surface area (TPSA) is 82.0 Å². The van der Waals surface area contributed by atoms with Crippen LogP contribution in [0, 0.1) is 11.6 Å². The van der Waals surface area contributed by atoms with Gasteiger partial charge in [0.1, 0.15) is 35.7 Å². The Morgan fingerprint density at radius 1 is 1.23 bits per heavy atom. The summed E-state index contributed by atoms with van der Waals surface area (Å²) in [6.45, 7) is 0.0835. The number of piperidine rings is 1. The second-order valence-electron chi connectivity index (χ2n) is 7.65. The van der Waals surface area contributed by atoms with Crippen LogP contribution >= 0.6 is 11.6 Å². The fourth-order valence-corrected chi connectivity index (χ4v) is 4.01. The molecule has 30 heavy (non-hydrogen) atoms. The molecule has 2 heterocycles. The maximum absolute atomic E-state index is 14.2. The van der Waals surface area contributed by atoms with Crippen LogP contribution in [0.4, 0.5) is 20.2 Å². The molecule has 0 saturated carbocycles. The highest BCUT2D eigenvalue weighted by Crippen LogP contribution is 2.35. The van der Waals surface area contributed by atoms with E-state index in [1.165, 1.54) is 24.3 Å². The van der Waals surface area contributed by atoms with Crippen molar-refractivity contribution in [1.29, 1.82) is 0 Å². The summed E-state index contributed by atoms with van der Waals surface area (Å²) in [6.07, 6.45) is -0.534. The molecule has 0 bridgehead atoms. The number of carbonyl (C=O) groups is 1. The molecule has 2 atom stereocenters. The summed E-state index contributed by atoms with van der Waals surface area (Å²) in [7, 11) is 0. The van der Waals surface area contributed by atoms with E-state index in [0.717, 1.165) is 0 Å². The van der Waals surface area contributed by atoms with Gasteiger partial charge < -0.3 is 25.2 Å². The smallest absolute Gasteiger partial charge is 0.224 e. The summed E-state index contributed by atoms with van der Waals surface area (Å²) in [5, 5.41) is 24.3. The Bertz CT molecular complexity index is 990. The first kappa shape index (κ1) is 20.8. The second-order valence-corrected chi connectivity index (χ2v) is 8.08. The monoisotopic (exact) mass is 438 g/mol. The number of hydrogen-bond acceptors (Lipinski definition) is 5. The molecule has 0 aromatic heterocycles. The standard InChI is InChI=1S/C21H21ClF2N2O4/c22-12-1-4-16(15(24)9-12)26-8-7-21(29,18(27)10-26)11-30-17-5-3-14(23)20-13(17)2-6-19(28)25-20/h1,3-5,9,18,27,29H,2,6-8,10-11H2,(H,25,28)/t18-,21+/m1/s1. The molecule has 0 spiro atoms. The molecule has 2 aliphatic rings. The van der Waals surface area contributed by atoms with E-state index in [4.69, 9.17) is 16.3 Å². The molecule has 2 aliphatic heterocycles. The summed E-state index contributed by atoms with van der Waals surface area (Å²) in [6, 6.07) is 6.92. The number of aliphatic hydroxyl groups is 2. The Morgan fingerprint density at radius 2 is 2.03 bits per heavy atom. The molecule has 0 radical (unpaired) electrons. The van der Waals surface area contributed by atoms with Crippen molar-refractivity contribution in [3.63, 3.8) is 0 Å². The van der Waals surface area contributed by atoms with Gasteiger partial charge in [0.05, 0.1) is 11.4 Å². The van der Waals surface area contributed by atoms with Gasteiger partial charge in [-0.3, -0.25) is 4.79 Å². The van der Waals surface area contributed by atoms with E-state index in [1.807, 2.05) is 0 Å². The number of halogens is 3. The number of nitrogens with one attached hydrogen (secondary N) is 1. The quantitative estimate of drug-likeness (QED) is 0.684. The number of anilines is 2. The van der Waals surface area contributed by atoms with Crippen LogP contribution in [0.2, 0.25) is 5.02 Å². The fraction of sp³-hybridized carbons (Fsp3) is 0.381. The van der Waals surface area contributed by atoms with Crippen molar-refractivity contribution < 1.29 is 28.5 Å². The molecule has 9 heteroatoms.